The summed E-state index contributed by atoms with van der Waals surface area (Å²) in [4.78, 5) is 9.29. The second-order valence-corrected chi connectivity index (χ2v) is 6.07. The molecule has 2 aromatic rings. The lowest BCUT2D eigenvalue weighted by molar-refractivity contribution is 0.645. The monoisotopic (exact) mass is 302 g/mol. The molecule has 2 heterocycles. The van der Waals surface area contributed by atoms with Gasteiger partial charge in [0.25, 0.3) is 0 Å². The van der Waals surface area contributed by atoms with Crippen LogP contribution in [0.25, 0.3) is 0 Å². The topological polar surface area (TPSA) is 31.4 Å². The lowest BCUT2D eigenvalue weighted by atomic mass is 10.1. The van der Waals surface area contributed by atoms with Crippen LogP contribution in [0.15, 0.2) is 35.8 Å². The van der Waals surface area contributed by atoms with Crippen LogP contribution in [0.1, 0.15) is 12.5 Å². The Morgan fingerprint density at radius 3 is 2.62 bits per heavy atom. The van der Waals surface area contributed by atoms with E-state index in [4.69, 9.17) is 0 Å². The highest BCUT2D eigenvalue weighted by Crippen LogP contribution is 2.24. The second kappa shape index (κ2) is 6.91. The van der Waals surface area contributed by atoms with Gasteiger partial charge in [-0.2, -0.15) is 0 Å². The molecule has 1 aliphatic rings. The summed E-state index contributed by atoms with van der Waals surface area (Å²) in [6.07, 6.45) is 1.89. The molecule has 21 heavy (non-hydrogen) atoms. The summed E-state index contributed by atoms with van der Waals surface area (Å²) in [5.74, 6) is 0. The number of hydrogen-bond acceptors (Lipinski definition) is 5. The molecule has 3 rings (SSSR count). The van der Waals surface area contributed by atoms with Crippen LogP contribution in [0.2, 0.25) is 0 Å². The largest absolute Gasteiger partial charge is 0.368 e. The van der Waals surface area contributed by atoms with Crippen molar-refractivity contribution in [3.8, 4) is 0 Å². The van der Waals surface area contributed by atoms with Crippen LogP contribution < -0.4 is 15.1 Å². The van der Waals surface area contributed by atoms with E-state index in [1.807, 2.05) is 11.6 Å². The van der Waals surface area contributed by atoms with Gasteiger partial charge in [0, 0.05) is 50.0 Å². The third-order valence-corrected chi connectivity index (χ3v) is 4.70. The number of nitrogens with one attached hydrogen (secondary N) is 1. The van der Waals surface area contributed by atoms with Crippen molar-refractivity contribution in [3.63, 3.8) is 0 Å². The first-order chi connectivity index (χ1) is 10.4. The van der Waals surface area contributed by atoms with Gasteiger partial charge >= 0.3 is 0 Å². The fraction of sp³-hybridized carbons (Fsp3) is 0.438. The zero-order valence-corrected chi connectivity index (χ0v) is 13.3. The van der Waals surface area contributed by atoms with Crippen molar-refractivity contribution in [3.05, 3.63) is 41.4 Å². The maximum absolute atomic E-state index is 4.41. The molecule has 0 atom stereocenters. The summed E-state index contributed by atoms with van der Waals surface area (Å²) in [5.41, 5.74) is 2.76. The van der Waals surface area contributed by atoms with Gasteiger partial charge in [-0.3, -0.25) is 0 Å². The molecule has 0 aliphatic carbocycles. The third kappa shape index (κ3) is 3.36. The third-order valence-electron chi connectivity index (χ3n) is 3.87. The van der Waals surface area contributed by atoms with Gasteiger partial charge in [0.1, 0.15) is 0 Å². The van der Waals surface area contributed by atoms with E-state index in [0.717, 1.165) is 44.4 Å². The van der Waals surface area contributed by atoms with Crippen molar-refractivity contribution in [1.82, 2.24) is 10.3 Å². The smallest absolute Gasteiger partial charge is 0.185 e. The van der Waals surface area contributed by atoms with Gasteiger partial charge in [-0.05, 0) is 18.2 Å². The maximum atomic E-state index is 4.41. The fourth-order valence-corrected chi connectivity index (χ4v) is 3.44. The maximum Gasteiger partial charge on any atom is 0.185 e. The number of aromatic nitrogens is 1. The average molecular weight is 302 g/mol. The van der Waals surface area contributed by atoms with Crippen LogP contribution in [-0.2, 0) is 6.54 Å². The van der Waals surface area contributed by atoms with Crippen molar-refractivity contribution in [2.24, 2.45) is 0 Å². The summed E-state index contributed by atoms with van der Waals surface area (Å²) in [7, 11) is 0. The SMILES string of the molecule is CCNCc1ccccc1N1CCN(c2nccs2)CC1. The number of nitrogens with zero attached hydrogens (tertiary/aromatic N) is 3. The Hall–Kier alpha value is -1.59. The molecule has 0 saturated carbocycles. The summed E-state index contributed by atoms with van der Waals surface area (Å²) in [5, 5.41) is 6.63. The quantitative estimate of drug-likeness (QED) is 0.920. The van der Waals surface area contributed by atoms with Crippen molar-refractivity contribution in [2.45, 2.75) is 13.5 Å². The number of anilines is 2. The van der Waals surface area contributed by atoms with Gasteiger partial charge < -0.3 is 15.1 Å². The highest BCUT2D eigenvalue weighted by Gasteiger charge is 2.20. The van der Waals surface area contributed by atoms with E-state index < -0.39 is 0 Å². The van der Waals surface area contributed by atoms with E-state index in [1.165, 1.54) is 11.3 Å². The summed E-state index contributed by atoms with van der Waals surface area (Å²) < 4.78 is 0. The molecule has 0 unspecified atom stereocenters. The molecule has 4 nitrogen and oxygen atoms in total. The number of thiazole rings is 1. The van der Waals surface area contributed by atoms with E-state index in [-0.39, 0.29) is 0 Å². The molecular weight excluding hydrogens is 280 g/mol. The lowest BCUT2D eigenvalue weighted by Gasteiger charge is -2.37. The zero-order valence-electron chi connectivity index (χ0n) is 12.5. The highest BCUT2D eigenvalue weighted by molar-refractivity contribution is 7.13. The standard InChI is InChI=1S/C16H22N4S/c1-2-17-13-14-5-3-4-6-15(14)19-8-10-20(11-9-19)16-18-7-12-21-16/h3-7,12,17H,2,8-11,13H2,1H3. The molecule has 0 bridgehead atoms. The molecular formula is C16H22N4S. The van der Waals surface area contributed by atoms with E-state index in [1.54, 1.807) is 11.3 Å². The second-order valence-electron chi connectivity index (χ2n) is 5.20. The van der Waals surface area contributed by atoms with Crippen LogP contribution in [0.3, 0.4) is 0 Å². The minimum atomic E-state index is 0.944. The Bertz CT molecular complexity index is 547. The minimum Gasteiger partial charge on any atom is -0.368 e. The molecule has 1 fully saturated rings. The van der Waals surface area contributed by atoms with Crippen molar-refractivity contribution < 1.29 is 0 Å². The molecule has 0 spiro atoms. The van der Waals surface area contributed by atoms with Gasteiger partial charge in [-0.15, -0.1) is 11.3 Å². The molecule has 0 amide bonds. The zero-order chi connectivity index (χ0) is 14.5. The molecule has 1 aromatic carbocycles. The Balaban J connectivity index is 1.66. The normalized spacial score (nSPS) is 15.5. The summed E-state index contributed by atoms with van der Waals surface area (Å²) >= 11 is 1.73. The summed E-state index contributed by atoms with van der Waals surface area (Å²) in [6.45, 7) is 8.30. The molecule has 5 heteroatoms. The van der Waals surface area contributed by atoms with Gasteiger partial charge in [0.2, 0.25) is 0 Å². The number of rotatable bonds is 5. The Labute approximate surface area is 130 Å². The molecule has 112 valence electrons. The highest BCUT2D eigenvalue weighted by atomic mass is 32.1. The van der Waals surface area contributed by atoms with Crippen molar-refractivity contribution >= 4 is 22.2 Å². The van der Waals surface area contributed by atoms with Crippen LogP contribution >= 0.6 is 11.3 Å². The number of benzene rings is 1. The molecule has 0 radical (unpaired) electrons. The first-order valence-electron chi connectivity index (χ1n) is 7.56. The molecule has 1 saturated heterocycles. The van der Waals surface area contributed by atoms with Crippen molar-refractivity contribution in [2.75, 3.05) is 42.5 Å². The Morgan fingerprint density at radius 1 is 1.14 bits per heavy atom. The molecule has 1 aliphatic heterocycles. The number of piperazine rings is 1. The first kappa shape index (κ1) is 14.4. The van der Waals surface area contributed by atoms with E-state index in [9.17, 15) is 0 Å². The van der Waals surface area contributed by atoms with Crippen LogP contribution in [-0.4, -0.2) is 37.7 Å². The van der Waals surface area contributed by atoms with Crippen LogP contribution in [0, 0.1) is 0 Å². The van der Waals surface area contributed by atoms with Crippen LogP contribution in [0.4, 0.5) is 10.8 Å². The van der Waals surface area contributed by atoms with E-state index in [0.29, 0.717) is 0 Å². The van der Waals surface area contributed by atoms with Gasteiger partial charge in [0.05, 0.1) is 0 Å². The molecule has 1 N–H and O–H groups in total. The van der Waals surface area contributed by atoms with E-state index >= 15 is 0 Å². The van der Waals surface area contributed by atoms with E-state index in [2.05, 4.69) is 51.3 Å². The lowest BCUT2D eigenvalue weighted by Crippen LogP contribution is -2.46. The van der Waals surface area contributed by atoms with Gasteiger partial charge in [-0.1, -0.05) is 25.1 Å². The van der Waals surface area contributed by atoms with Crippen molar-refractivity contribution in [1.29, 1.82) is 0 Å². The first-order valence-corrected chi connectivity index (χ1v) is 8.44. The van der Waals surface area contributed by atoms with Gasteiger partial charge in [0.15, 0.2) is 5.13 Å². The van der Waals surface area contributed by atoms with Crippen LogP contribution in [0.5, 0.6) is 0 Å². The predicted octanol–water partition coefficient (Wildman–Crippen LogP) is 2.58. The molecule has 1 aromatic heterocycles. The average Bonchev–Trinajstić information content (AvgIpc) is 3.08. The summed E-state index contributed by atoms with van der Waals surface area (Å²) in [6, 6.07) is 8.73. The van der Waals surface area contributed by atoms with Gasteiger partial charge in [-0.25, -0.2) is 4.98 Å². The predicted molar refractivity (Wildman–Crippen MR) is 90.4 cm³/mol. The number of para-hydroxylation sites is 1. The Kier molecular flexibility index (Phi) is 4.72. The number of hydrogen-bond donors (Lipinski definition) is 1. The Morgan fingerprint density at radius 2 is 1.90 bits per heavy atom. The minimum absolute atomic E-state index is 0.944. The fourth-order valence-electron chi connectivity index (χ4n) is 2.74.